The number of nitrogens with two attached hydrogens (primary N) is 1. The van der Waals surface area contributed by atoms with E-state index in [0.717, 1.165) is 25.0 Å². The minimum atomic E-state index is -0.147. The van der Waals surface area contributed by atoms with Gasteiger partial charge in [0.1, 0.15) is 0 Å². The lowest BCUT2D eigenvalue weighted by atomic mass is 9.81. The highest BCUT2D eigenvalue weighted by molar-refractivity contribution is 5.77. The van der Waals surface area contributed by atoms with Crippen LogP contribution >= 0.6 is 0 Å². The molecule has 0 bridgehead atoms. The summed E-state index contributed by atoms with van der Waals surface area (Å²) in [5.41, 5.74) is 7.84. The van der Waals surface area contributed by atoms with Crippen molar-refractivity contribution < 1.29 is 9.53 Å². The summed E-state index contributed by atoms with van der Waals surface area (Å²) >= 11 is 0. The Morgan fingerprint density at radius 3 is 2.71 bits per heavy atom. The summed E-state index contributed by atoms with van der Waals surface area (Å²) in [4.78, 5) is 16.3. The topological polar surface area (TPSA) is 65.2 Å². The third-order valence-corrected chi connectivity index (χ3v) is 5.07. The number of primary amides is 1. The molecule has 2 unspecified atom stereocenters. The number of nitrogens with zero attached hydrogens (tertiary/aromatic N) is 1. The number of hydrogen-bond acceptors (Lipinski definition) is 3. The highest BCUT2D eigenvalue weighted by Gasteiger charge is 2.42. The maximum Gasteiger partial charge on any atom is 0.220 e. The van der Waals surface area contributed by atoms with Gasteiger partial charge in [-0.15, -0.1) is 0 Å². The quantitative estimate of drug-likeness (QED) is 0.906. The highest BCUT2D eigenvalue weighted by atomic mass is 16.5. The van der Waals surface area contributed by atoms with E-state index in [4.69, 9.17) is 10.5 Å². The Morgan fingerprint density at radius 1 is 1.43 bits per heavy atom. The van der Waals surface area contributed by atoms with Gasteiger partial charge in [-0.3, -0.25) is 4.79 Å². The van der Waals surface area contributed by atoms with Crippen molar-refractivity contribution in [2.45, 2.75) is 40.0 Å². The zero-order valence-electron chi connectivity index (χ0n) is 13.4. The number of pyridine rings is 1. The van der Waals surface area contributed by atoms with Crippen molar-refractivity contribution in [1.29, 1.82) is 0 Å². The van der Waals surface area contributed by atoms with Crippen molar-refractivity contribution in [2.24, 2.45) is 29.4 Å². The molecule has 1 aliphatic rings. The van der Waals surface area contributed by atoms with Crippen LogP contribution in [0.5, 0.6) is 5.88 Å². The monoisotopic (exact) mass is 290 g/mol. The molecular formula is C17H26N2O2. The van der Waals surface area contributed by atoms with Crippen LogP contribution in [0.4, 0.5) is 0 Å². The third-order valence-electron chi connectivity index (χ3n) is 5.07. The number of aryl methyl sites for hydroxylation is 1. The average molecular weight is 290 g/mol. The van der Waals surface area contributed by atoms with Gasteiger partial charge in [0.05, 0.1) is 7.11 Å². The Labute approximate surface area is 127 Å². The smallest absolute Gasteiger partial charge is 0.220 e. The molecule has 0 aromatic carbocycles. The molecule has 4 nitrogen and oxygen atoms in total. The van der Waals surface area contributed by atoms with Crippen molar-refractivity contribution in [1.82, 2.24) is 4.98 Å². The molecule has 116 valence electrons. The molecule has 1 amide bonds. The maximum atomic E-state index is 11.7. The SMILES string of the molecule is CC[C@@H]1C(C(N)=O)C[C@H](C)C1Cc1nc(OC)ccc1C. The van der Waals surface area contributed by atoms with E-state index in [2.05, 4.69) is 25.8 Å². The van der Waals surface area contributed by atoms with Crippen molar-refractivity contribution >= 4 is 5.91 Å². The van der Waals surface area contributed by atoms with Crippen molar-refractivity contribution in [2.75, 3.05) is 7.11 Å². The van der Waals surface area contributed by atoms with E-state index in [9.17, 15) is 4.79 Å². The van der Waals surface area contributed by atoms with Gasteiger partial charge in [0.25, 0.3) is 0 Å². The molecule has 1 fully saturated rings. The van der Waals surface area contributed by atoms with Gasteiger partial charge >= 0.3 is 0 Å². The fourth-order valence-corrected chi connectivity index (χ4v) is 3.83. The lowest BCUT2D eigenvalue weighted by molar-refractivity contribution is -0.123. The summed E-state index contributed by atoms with van der Waals surface area (Å²) in [6.07, 6.45) is 2.79. The van der Waals surface area contributed by atoms with Gasteiger partial charge in [0.15, 0.2) is 0 Å². The molecule has 1 aliphatic carbocycles. The summed E-state index contributed by atoms with van der Waals surface area (Å²) in [5, 5.41) is 0. The first kappa shape index (κ1) is 15.8. The molecule has 1 heterocycles. The number of rotatable bonds is 5. The summed E-state index contributed by atoms with van der Waals surface area (Å²) in [5.74, 6) is 1.85. The van der Waals surface area contributed by atoms with E-state index in [1.54, 1.807) is 7.11 Å². The first-order chi connectivity index (χ1) is 9.97. The Kier molecular flexibility index (Phi) is 4.86. The molecule has 1 saturated carbocycles. The maximum absolute atomic E-state index is 11.7. The highest BCUT2D eigenvalue weighted by Crippen LogP contribution is 2.44. The predicted octanol–water partition coefficient (Wildman–Crippen LogP) is 2.72. The van der Waals surface area contributed by atoms with E-state index in [-0.39, 0.29) is 11.8 Å². The van der Waals surface area contributed by atoms with Gasteiger partial charge in [-0.1, -0.05) is 26.3 Å². The first-order valence-electron chi connectivity index (χ1n) is 7.77. The van der Waals surface area contributed by atoms with E-state index >= 15 is 0 Å². The summed E-state index contributed by atoms with van der Waals surface area (Å²) in [7, 11) is 1.64. The molecule has 1 aromatic rings. The fourth-order valence-electron chi connectivity index (χ4n) is 3.83. The number of carbonyl (C=O) groups is 1. The van der Waals surface area contributed by atoms with Crippen molar-refractivity contribution in [3.63, 3.8) is 0 Å². The predicted molar refractivity (Wildman–Crippen MR) is 83.0 cm³/mol. The average Bonchev–Trinajstić information content (AvgIpc) is 2.78. The first-order valence-corrected chi connectivity index (χ1v) is 7.77. The number of aromatic nitrogens is 1. The molecular weight excluding hydrogens is 264 g/mol. The van der Waals surface area contributed by atoms with Gasteiger partial charge in [-0.2, -0.15) is 0 Å². The lowest BCUT2D eigenvalue weighted by Crippen LogP contribution is -2.28. The Morgan fingerprint density at radius 2 is 2.14 bits per heavy atom. The molecule has 0 radical (unpaired) electrons. The second-order valence-corrected chi connectivity index (χ2v) is 6.28. The van der Waals surface area contributed by atoms with Crippen LogP contribution in [-0.2, 0) is 11.2 Å². The normalized spacial score (nSPS) is 28.6. The Bertz CT molecular complexity index is 516. The molecule has 4 heteroatoms. The Balaban J connectivity index is 2.23. The van der Waals surface area contributed by atoms with Crippen molar-refractivity contribution in [3.05, 3.63) is 23.4 Å². The number of amides is 1. The lowest BCUT2D eigenvalue weighted by Gasteiger charge is -2.24. The second-order valence-electron chi connectivity index (χ2n) is 6.28. The molecule has 0 spiro atoms. The summed E-state index contributed by atoms with van der Waals surface area (Å²) in [6.45, 7) is 6.46. The van der Waals surface area contributed by atoms with E-state index in [1.807, 2.05) is 12.1 Å². The van der Waals surface area contributed by atoms with Crippen LogP contribution in [0.15, 0.2) is 12.1 Å². The van der Waals surface area contributed by atoms with E-state index in [1.165, 1.54) is 5.56 Å². The van der Waals surface area contributed by atoms with Gasteiger partial charge in [-0.25, -0.2) is 4.98 Å². The molecule has 4 atom stereocenters. The van der Waals surface area contributed by atoms with Crippen LogP contribution in [0.1, 0.15) is 37.9 Å². The number of methoxy groups -OCH3 is 1. The van der Waals surface area contributed by atoms with Crippen molar-refractivity contribution in [3.8, 4) is 5.88 Å². The van der Waals surface area contributed by atoms with Crippen LogP contribution in [-0.4, -0.2) is 18.0 Å². The van der Waals surface area contributed by atoms with Gasteiger partial charge in [0.2, 0.25) is 11.8 Å². The largest absolute Gasteiger partial charge is 0.481 e. The van der Waals surface area contributed by atoms with Crippen LogP contribution in [0.3, 0.4) is 0 Å². The minimum Gasteiger partial charge on any atom is -0.481 e. The zero-order chi connectivity index (χ0) is 15.6. The van der Waals surface area contributed by atoms with E-state index < -0.39 is 0 Å². The number of carbonyl (C=O) groups excluding carboxylic acids is 1. The number of hydrogen-bond donors (Lipinski definition) is 1. The van der Waals surface area contributed by atoms with Crippen LogP contribution in [0.25, 0.3) is 0 Å². The standard InChI is InChI=1S/C17H26N2O2/c1-5-12-13(11(3)8-14(12)17(18)20)9-15-10(2)6-7-16(19-15)21-4/h6-7,11-14H,5,8-9H2,1-4H3,(H2,18,20)/t11-,12-,13?,14?/m0/s1. The molecule has 2 N–H and O–H groups in total. The summed E-state index contributed by atoms with van der Waals surface area (Å²) in [6, 6.07) is 3.94. The van der Waals surface area contributed by atoms with Crippen LogP contribution in [0.2, 0.25) is 0 Å². The zero-order valence-corrected chi connectivity index (χ0v) is 13.4. The molecule has 0 saturated heterocycles. The van der Waals surface area contributed by atoms with E-state index in [0.29, 0.717) is 23.6 Å². The second kappa shape index (κ2) is 6.46. The van der Waals surface area contributed by atoms with Crippen LogP contribution < -0.4 is 10.5 Å². The minimum absolute atomic E-state index is 0.0147. The molecule has 0 aliphatic heterocycles. The van der Waals surface area contributed by atoms with Gasteiger partial charge in [-0.05, 0) is 43.1 Å². The molecule has 21 heavy (non-hydrogen) atoms. The van der Waals surface area contributed by atoms with Gasteiger partial charge in [0, 0.05) is 17.7 Å². The van der Waals surface area contributed by atoms with Gasteiger partial charge < -0.3 is 10.5 Å². The molecule has 2 rings (SSSR count). The fraction of sp³-hybridized carbons (Fsp3) is 0.647. The molecule has 1 aromatic heterocycles. The summed E-state index contributed by atoms with van der Waals surface area (Å²) < 4.78 is 5.23. The third kappa shape index (κ3) is 3.20. The van der Waals surface area contributed by atoms with Crippen LogP contribution in [0, 0.1) is 30.6 Å². The number of ether oxygens (including phenoxy) is 1. The Hall–Kier alpha value is -1.58.